The van der Waals surface area contributed by atoms with Gasteiger partial charge in [-0.15, -0.1) is 0 Å². The standard InChI is InChI=1S/C49H67FN14O6S2/c1-29(2)38-26-56-64-47(21-44(59-48(38)64)53-23-31-13-16-51-27-42(31)65)58-34-14-17-62(18-15-34)72(69,70)36-11-12-40(50)37(20-36)41-19-32(43(66)28-52-41)24-54-45-22-46(63-49(60-45)39(25-55-63)30(3)4)57-33-7-9-35(10-8-33)71(67,68)61(5)6/h7-12,20-22,25-26,29-32,34,41-43,51-52,57-58,65-66H,13-19,23-24,27-28H2,1-6H3,(H,53,59)(H,54,60)/t31-,32-,41?,42+,43+/m1/s1. The van der Waals surface area contributed by atoms with Crippen LogP contribution in [0.25, 0.3) is 11.3 Å². The van der Waals surface area contributed by atoms with Crippen LogP contribution in [-0.4, -0.2) is 143 Å². The number of β-amino-alcohol motifs (C(OH)–C–C–N with tert-alkyl or cyclic N) is 2. The predicted molar refractivity (Wildman–Crippen MR) is 275 cm³/mol. The second kappa shape index (κ2) is 21.1. The van der Waals surface area contributed by atoms with Crippen LogP contribution < -0.4 is 31.9 Å². The van der Waals surface area contributed by atoms with Crippen LogP contribution in [0.4, 0.5) is 33.3 Å². The Morgan fingerprint density at radius 3 is 1.96 bits per heavy atom. The number of benzene rings is 2. The molecular weight excluding hydrogens is 964 g/mol. The van der Waals surface area contributed by atoms with Gasteiger partial charge in [-0.1, -0.05) is 27.7 Å². The summed E-state index contributed by atoms with van der Waals surface area (Å²) in [6, 6.07) is 13.4. The highest BCUT2D eigenvalue weighted by atomic mass is 32.2. The van der Waals surface area contributed by atoms with Crippen molar-refractivity contribution in [3.63, 3.8) is 0 Å². The highest BCUT2D eigenvalue weighted by Gasteiger charge is 2.35. The lowest BCUT2D eigenvalue weighted by Crippen LogP contribution is -2.45. The first-order valence-corrected chi connectivity index (χ1v) is 27.7. The average molecular weight is 1030 g/mol. The third-order valence-electron chi connectivity index (χ3n) is 14.3. The van der Waals surface area contributed by atoms with Crippen LogP contribution in [0.2, 0.25) is 0 Å². The van der Waals surface area contributed by atoms with Crippen molar-refractivity contribution >= 4 is 60.3 Å². The van der Waals surface area contributed by atoms with Gasteiger partial charge in [-0.05, 0) is 86.5 Å². The van der Waals surface area contributed by atoms with Gasteiger partial charge in [0.1, 0.15) is 29.1 Å². The van der Waals surface area contributed by atoms with Gasteiger partial charge in [-0.2, -0.15) is 23.5 Å². The maximum absolute atomic E-state index is 15.8. The summed E-state index contributed by atoms with van der Waals surface area (Å²) >= 11 is 0. The summed E-state index contributed by atoms with van der Waals surface area (Å²) < 4.78 is 75.8. The monoisotopic (exact) mass is 1030 g/mol. The van der Waals surface area contributed by atoms with Crippen molar-refractivity contribution in [1.82, 2.24) is 48.4 Å². The molecule has 20 nitrogen and oxygen atoms in total. The number of sulfonamides is 2. The average Bonchev–Trinajstić information content (AvgIpc) is 4.00. The van der Waals surface area contributed by atoms with Crippen molar-refractivity contribution in [2.45, 2.75) is 99.3 Å². The molecule has 0 saturated carbocycles. The Morgan fingerprint density at radius 1 is 0.764 bits per heavy atom. The van der Waals surface area contributed by atoms with E-state index < -0.39 is 44.1 Å². The highest BCUT2D eigenvalue weighted by Crippen LogP contribution is 2.34. The fourth-order valence-corrected chi connectivity index (χ4v) is 12.2. The molecule has 0 amide bonds. The summed E-state index contributed by atoms with van der Waals surface area (Å²) in [6.45, 7) is 11.2. The molecule has 0 aliphatic carbocycles. The Bertz CT molecular complexity index is 3110. The number of fused-ring (bicyclic) bond motifs is 2. The van der Waals surface area contributed by atoms with Gasteiger partial charge in [0, 0.05) is 112 Å². The summed E-state index contributed by atoms with van der Waals surface area (Å²) in [5.41, 5.74) is 4.10. The van der Waals surface area contributed by atoms with Gasteiger partial charge in [0.15, 0.2) is 11.3 Å². The van der Waals surface area contributed by atoms with E-state index in [0.717, 1.165) is 39.9 Å². The number of hydrogen-bond acceptors (Lipinski definition) is 16. The van der Waals surface area contributed by atoms with E-state index in [4.69, 9.17) is 9.97 Å². The third-order valence-corrected chi connectivity index (χ3v) is 18.0. The van der Waals surface area contributed by atoms with E-state index >= 15 is 4.39 Å². The van der Waals surface area contributed by atoms with Crippen molar-refractivity contribution in [2.75, 3.05) is 81.2 Å². The van der Waals surface area contributed by atoms with Crippen LogP contribution in [0.5, 0.6) is 0 Å². The number of anilines is 5. The number of nitrogens with one attached hydrogen (secondary N) is 6. The second-order valence-corrected chi connectivity index (χ2v) is 24.2. The van der Waals surface area contributed by atoms with Crippen LogP contribution in [-0.2, 0) is 20.0 Å². The molecule has 9 rings (SSSR count). The van der Waals surface area contributed by atoms with Crippen molar-refractivity contribution < 1.29 is 31.4 Å². The van der Waals surface area contributed by atoms with Gasteiger partial charge in [0.05, 0.1) is 34.4 Å². The number of aliphatic hydroxyl groups excluding tert-OH is 2. The lowest BCUT2D eigenvalue weighted by atomic mass is 9.86. The summed E-state index contributed by atoms with van der Waals surface area (Å²) in [4.78, 5) is 9.97. The first-order chi connectivity index (χ1) is 34.4. The lowest BCUT2D eigenvalue weighted by Gasteiger charge is -2.35. The number of halogens is 1. The van der Waals surface area contributed by atoms with E-state index in [2.05, 4.69) is 55.9 Å². The summed E-state index contributed by atoms with van der Waals surface area (Å²) in [6.07, 6.45) is 4.56. The van der Waals surface area contributed by atoms with Crippen molar-refractivity contribution in [3.05, 3.63) is 89.5 Å². The largest absolute Gasteiger partial charge is 0.391 e. The molecule has 3 aliphatic heterocycles. The SMILES string of the molecule is CC(C)c1cnn2c(Nc3ccc(S(=O)(=O)N(C)C)cc3)cc(NC[C@H]3CC(c4cc(S(=O)(=O)N5CCC(Nc6cc(NC[C@H]7CCNC[C@@H]7O)nc7c(C(C)C)cnn67)CC5)ccc4F)NC[C@@H]3O)nc12. The quantitative estimate of drug-likeness (QED) is 0.0604. The molecule has 0 radical (unpaired) electrons. The normalized spacial score (nSPS) is 21.8. The van der Waals surface area contributed by atoms with Gasteiger partial charge < -0.3 is 42.1 Å². The molecule has 0 bridgehead atoms. The van der Waals surface area contributed by atoms with E-state index in [1.165, 1.54) is 48.7 Å². The zero-order valence-electron chi connectivity index (χ0n) is 41.5. The minimum absolute atomic E-state index is 0.00402. The Balaban J connectivity index is 0.862. The van der Waals surface area contributed by atoms with Crippen LogP contribution in [0, 0.1) is 17.7 Å². The molecule has 3 aliphatic rings. The zero-order valence-corrected chi connectivity index (χ0v) is 43.2. The Labute approximate surface area is 420 Å². The maximum atomic E-state index is 15.8. The number of aromatic nitrogens is 6. The molecule has 3 saturated heterocycles. The second-order valence-electron chi connectivity index (χ2n) is 20.1. The van der Waals surface area contributed by atoms with Crippen molar-refractivity contribution in [1.29, 1.82) is 0 Å². The fourth-order valence-electron chi connectivity index (χ4n) is 9.80. The van der Waals surface area contributed by atoms with Crippen molar-refractivity contribution in [2.24, 2.45) is 11.8 Å². The maximum Gasteiger partial charge on any atom is 0.243 e. The molecule has 2 aromatic carbocycles. The van der Waals surface area contributed by atoms with Crippen LogP contribution in [0.1, 0.15) is 87.9 Å². The van der Waals surface area contributed by atoms with E-state index in [0.29, 0.717) is 61.1 Å². The Kier molecular flexibility index (Phi) is 15.1. The van der Waals surface area contributed by atoms with Crippen LogP contribution >= 0.6 is 0 Å². The molecule has 6 aromatic rings. The Hall–Kier alpha value is -5.53. The molecule has 0 spiro atoms. The van der Waals surface area contributed by atoms with E-state index in [1.807, 2.05) is 26.1 Å². The highest BCUT2D eigenvalue weighted by molar-refractivity contribution is 7.89. The van der Waals surface area contributed by atoms with Gasteiger partial charge in [-0.3, -0.25) is 0 Å². The molecule has 7 heterocycles. The summed E-state index contributed by atoms with van der Waals surface area (Å²) in [7, 11) is -4.66. The van der Waals surface area contributed by atoms with E-state index in [-0.39, 0.29) is 71.2 Å². The van der Waals surface area contributed by atoms with E-state index in [1.54, 1.807) is 33.4 Å². The third kappa shape index (κ3) is 10.7. The van der Waals surface area contributed by atoms with Crippen LogP contribution in [0.15, 0.2) is 76.8 Å². The minimum atomic E-state index is -4.00. The summed E-state index contributed by atoms with van der Waals surface area (Å²) in [5, 5.41) is 51.3. The number of rotatable bonds is 17. The topological polar surface area (TPSA) is 248 Å². The number of hydrogen-bond donors (Lipinski definition) is 8. The van der Waals surface area contributed by atoms with Crippen LogP contribution in [0.3, 0.4) is 0 Å². The number of aliphatic hydroxyl groups is 2. The molecule has 1 unspecified atom stereocenters. The molecule has 3 fully saturated rings. The molecule has 5 atom stereocenters. The van der Waals surface area contributed by atoms with Gasteiger partial charge in [0.2, 0.25) is 20.0 Å². The molecule has 8 N–H and O–H groups in total. The fraction of sp³-hybridized carbons (Fsp3) is 0.510. The first-order valence-electron chi connectivity index (χ1n) is 24.8. The lowest BCUT2D eigenvalue weighted by molar-refractivity contribution is 0.0711. The molecule has 388 valence electrons. The van der Waals surface area contributed by atoms with Gasteiger partial charge in [0.25, 0.3) is 0 Å². The van der Waals surface area contributed by atoms with E-state index in [9.17, 15) is 27.0 Å². The zero-order chi connectivity index (χ0) is 51.1. The molecule has 4 aromatic heterocycles. The molecule has 23 heteroatoms. The first kappa shape index (κ1) is 51.4. The molecule has 72 heavy (non-hydrogen) atoms. The van der Waals surface area contributed by atoms with Gasteiger partial charge >= 0.3 is 0 Å². The summed E-state index contributed by atoms with van der Waals surface area (Å²) in [5.74, 6) is 1.95. The smallest absolute Gasteiger partial charge is 0.243 e. The Morgan fingerprint density at radius 2 is 1.35 bits per heavy atom. The minimum Gasteiger partial charge on any atom is -0.391 e. The number of nitrogens with zero attached hydrogens (tertiary/aromatic N) is 8. The molecular formula is C49H67FN14O6S2. The van der Waals surface area contributed by atoms with Gasteiger partial charge in [-0.25, -0.2) is 35.5 Å². The van der Waals surface area contributed by atoms with Crippen molar-refractivity contribution in [3.8, 4) is 0 Å². The number of piperidine rings is 3. The predicted octanol–water partition coefficient (Wildman–Crippen LogP) is 4.92.